The quantitative estimate of drug-likeness (QED) is 0.118. The number of aliphatic imine (C=N–C) groups is 1. The van der Waals surface area contributed by atoms with E-state index in [1.165, 1.54) is 0 Å². The van der Waals surface area contributed by atoms with E-state index in [0.29, 0.717) is 17.8 Å². The first-order valence-electron chi connectivity index (χ1n) is 19.1. The molecule has 0 fully saturated rings. The molecule has 9 rings (SSSR count). The number of rotatable bonds is 9. The second-order valence-electron chi connectivity index (χ2n) is 14.2. The van der Waals surface area contributed by atoms with Crippen molar-refractivity contribution < 1.29 is 0 Å². The van der Waals surface area contributed by atoms with Crippen LogP contribution in [0.5, 0.6) is 0 Å². The normalized spacial score (nSPS) is 12.0. The predicted molar refractivity (Wildman–Crippen MR) is 239 cm³/mol. The standard InChI is InChI=1S/C52H39N5/c1-34-21-22-41-27-28-45-46(33-49(38-14-7-4-8-15-38)57-52(45)51(41)55-34)36-23-25-39(26-24-36)48(30-29-47(53)37-12-5-3-6-13-37)56-35(2)42-17-9-18-43(32-42)44-20-10-16-40-19-11-31-54-50(40)44/h3-29,31-33H,2,30,53H2,1H3/b47-29-,56-48+. The van der Waals surface area contributed by atoms with E-state index in [9.17, 15) is 0 Å². The number of aromatic nitrogens is 3. The zero-order valence-electron chi connectivity index (χ0n) is 31.6. The number of benzene rings is 6. The Morgan fingerprint density at radius 3 is 2.11 bits per heavy atom. The molecule has 57 heavy (non-hydrogen) atoms. The number of hydrogen-bond acceptors (Lipinski definition) is 5. The van der Waals surface area contributed by atoms with Gasteiger partial charge in [-0.2, -0.15) is 0 Å². The number of fused-ring (bicyclic) bond motifs is 4. The highest BCUT2D eigenvalue weighted by Gasteiger charge is 2.15. The molecule has 0 radical (unpaired) electrons. The first-order valence-corrected chi connectivity index (χ1v) is 19.1. The van der Waals surface area contributed by atoms with Crippen molar-refractivity contribution in [1.82, 2.24) is 15.0 Å². The highest BCUT2D eigenvalue weighted by atomic mass is 14.8. The molecule has 0 amide bonds. The molecule has 0 bridgehead atoms. The van der Waals surface area contributed by atoms with E-state index in [4.69, 9.17) is 25.7 Å². The number of pyridine rings is 3. The fourth-order valence-corrected chi connectivity index (χ4v) is 7.42. The largest absolute Gasteiger partial charge is 0.398 e. The SMILES string of the molecule is C=C(/N=C(\C/C=C(\N)c1ccccc1)c1ccc(-c2cc(-c3ccccc3)nc3c2ccc2ccc(C)nc23)cc1)c1cccc(-c2cccc3cccnc23)c1. The topological polar surface area (TPSA) is 77.0 Å². The van der Waals surface area contributed by atoms with Crippen molar-refractivity contribution in [3.8, 4) is 33.5 Å². The Bertz CT molecular complexity index is 3000. The Kier molecular flexibility index (Phi) is 9.47. The van der Waals surface area contributed by atoms with E-state index in [1.54, 1.807) is 0 Å². The Balaban J connectivity index is 1.12. The molecule has 5 nitrogen and oxygen atoms in total. The molecule has 0 unspecified atom stereocenters. The van der Waals surface area contributed by atoms with Crippen LogP contribution >= 0.6 is 0 Å². The van der Waals surface area contributed by atoms with Crippen molar-refractivity contribution in [3.63, 3.8) is 0 Å². The zero-order chi connectivity index (χ0) is 38.7. The molecule has 0 aliphatic heterocycles. The molecule has 0 aliphatic carbocycles. The van der Waals surface area contributed by atoms with Gasteiger partial charge in [-0.05, 0) is 59.0 Å². The van der Waals surface area contributed by atoms with Gasteiger partial charge < -0.3 is 5.73 Å². The van der Waals surface area contributed by atoms with Gasteiger partial charge in [0.1, 0.15) is 0 Å². The van der Waals surface area contributed by atoms with Crippen molar-refractivity contribution in [3.05, 3.63) is 211 Å². The number of aryl methyl sites for hydroxylation is 1. The minimum atomic E-state index is 0.513. The van der Waals surface area contributed by atoms with Gasteiger partial charge in [0.25, 0.3) is 0 Å². The van der Waals surface area contributed by atoms with Crippen molar-refractivity contribution in [2.45, 2.75) is 13.3 Å². The van der Waals surface area contributed by atoms with E-state index >= 15 is 0 Å². The van der Waals surface area contributed by atoms with Crippen LogP contribution in [-0.2, 0) is 0 Å². The summed E-state index contributed by atoms with van der Waals surface area (Å²) in [7, 11) is 0. The molecule has 0 spiro atoms. The van der Waals surface area contributed by atoms with Crippen molar-refractivity contribution in [1.29, 1.82) is 0 Å². The van der Waals surface area contributed by atoms with Crippen molar-refractivity contribution >= 4 is 49.8 Å². The van der Waals surface area contributed by atoms with Crippen LogP contribution in [0.4, 0.5) is 0 Å². The highest BCUT2D eigenvalue weighted by molar-refractivity contribution is 6.10. The second-order valence-corrected chi connectivity index (χ2v) is 14.2. The second kappa shape index (κ2) is 15.3. The van der Waals surface area contributed by atoms with Crippen LogP contribution in [0, 0.1) is 6.92 Å². The van der Waals surface area contributed by atoms with Crippen LogP contribution in [0.15, 0.2) is 194 Å². The molecule has 2 N–H and O–H groups in total. The van der Waals surface area contributed by atoms with E-state index in [2.05, 4.69) is 116 Å². The summed E-state index contributed by atoms with van der Waals surface area (Å²) in [6.45, 7) is 6.50. The Labute approximate surface area is 332 Å². The summed E-state index contributed by atoms with van der Waals surface area (Å²) >= 11 is 0. The molecular formula is C52H39N5. The Morgan fingerprint density at radius 2 is 1.28 bits per heavy atom. The lowest BCUT2D eigenvalue weighted by atomic mass is 9.95. The monoisotopic (exact) mass is 733 g/mol. The lowest BCUT2D eigenvalue weighted by Crippen LogP contribution is -2.03. The lowest BCUT2D eigenvalue weighted by Gasteiger charge is -2.14. The van der Waals surface area contributed by atoms with Gasteiger partial charge in [0.2, 0.25) is 0 Å². The van der Waals surface area contributed by atoms with Crippen LogP contribution in [0.25, 0.3) is 77.6 Å². The summed E-state index contributed by atoms with van der Waals surface area (Å²) in [5.74, 6) is 0. The maximum Gasteiger partial charge on any atom is 0.0978 e. The van der Waals surface area contributed by atoms with Crippen molar-refractivity contribution in [2.75, 3.05) is 0 Å². The van der Waals surface area contributed by atoms with E-state index < -0.39 is 0 Å². The van der Waals surface area contributed by atoms with Gasteiger partial charge in [0, 0.05) is 56.9 Å². The maximum absolute atomic E-state index is 6.62. The average Bonchev–Trinajstić information content (AvgIpc) is 3.27. The average molecular weight is 734 g/mol. The van der Waals surface area contributed by atoms with Crippen LogP contribution in [0.2, 0.25) is 0 Å². The third-order valence-electron chi connectivity index (χ3n) is 10.4. The molecule has 6 aromatic carbocycles. The summed E-state index contributed by atoms with van der Waals surface area (Å²) in [6, 6.07) is 58.3. The summed E-state index contributed by atoms with van der Waals surface area (Å²) in [4.78, 5) is 20.1. The van der Waals surface area contributed by atoms with Gasteiger partial charge in [0.15, 0.2) is 0 Å². The van der Waals surface area contributed by atoms with E-state index in [0.717, 1.165) is 94.3 Å². The van der Waals surface area contributed by atoms with Crippen LogP contribution < -0.4 is 5.73 Å². The third kappa shape index (κ3) is 7.22. The number of para-hydroxylation sites is 1. The first-order chi connectivity index (χ1) is 28.0. The van der Waals surface area contributed by atoms with Gasteiger partial charge in [-0.15, -0.1) is 0 Å². The number of hydrogen-bond donors (Lipinski definition) is 1. The maximum atomic E-state index is 6.62. The van der Waals surface area contributed by atoms with Gasteiger partial charge in [-0.1, -0.05) is 158 Å². The first kappa shape index (κ1) is 35.2. The summed E-state index contributed by atoms with van der Waals surface area (Å²) < 4.78 is 0. The molecule has 3 aromatic heterocycles. The van der Waals surface area contributed by atoms with Gasteiger partial charge in [-0.25, -0.2) is 4.98 Å². The summed E-state index contributed by atoms with van der Waals surface area (Å²) in [6.07, 6.45) is 4.39. The van der Waals surface area contributed by atoms with Gasteiger partial charge >= 0.3 is 0 Å². The molecule has 0 atom stereocenters. The number of nitrogens with two attached hydrogens (primary N) is 1. The number of nitrogens with zero attached hydrogens (tertiary/aromatic N) is 4. The van der Waals surface area contributed by atoms with E-state index in [1.807, 2.05) is 79.9 Å². The van der Waals surface area contributed by atoms with E-state index in [-0.39, 0.29) is 0 Å². The predicted octanol–water partition coefficient (Wildman–Crippen LogP) is 12.5. The molecule has 3 heterocycles. The van der Waals surface area contributed by atoms with Crippen LogP contribution in [-0.4, -0.2) is 20.7 Å². The number of allylic oxidation sites excluding steroid dienone is 1. The summed E-state index contributed by atoms with van der Waals surface area (Å²) in [5, 5.41) is 3.22. The highest BCUT2D eigenvalue weighted by Crippen LogP contribution is 2.36. The van der Waals surface area contributed by atoms with Crippen LogP contribution in [0.1, 0.15) is 28.8 Å². The van der Waals surface area contributed by atoms with Crippen LogP contribution in [0.3, 0.4) is 0 Å². The molecule has 0 aliphatic rings. The van der Waals surface area contributed by atoms with Gasteiger partial charge in [-0.3, -0.25) is 15.0 Å². The molecule has 9 aromatic rings. The smallest absolute Gasteiger partial charge is 0.0978 e. The lowest BCUT2D eigenvalue weighted by molar-refractivity contribution is 1.25. The third-order valence-corrected chi connectivity index (χ3v) is 10.4. The summed E-state index contributed by atoms with van der Waals surface area (Å²) in [5.41, 5.74) is 21.7. The molecule has 5 heteroatoms. The van der Waals surface area contributed by atoms with Crippen molar-refractivity contribution in [2.24, 2.45) is 10.7 Å². The molecular weight excluding hydrogens is 695 g/mol. The minimum Gasteiger partial charge on any atom is -0.398 e. The van der Waals surface area contributed by atoms with Gasteiger partial charge in [0.05, 0.1) is 33.7 Å². The minimum absolute atomic E-state index is 0.513. The molecule has 272 valence electrons. The Morgan fingerprint density at radius 1 is 0.579 bits per heavy atom. The fraction of sp³-hybridized carbons (Fsp3) is 0.0385. The Hall–Kier alpha value is -7.50. The molecule has 0 saturated heterocycles. The zero-order valence-corrected chi connectivity index (χ0v) is 31.6. The fourth-order valence-electron chi connectivity index (χ4n) is 7.42. The molecule has 0 saturated carbocycles.